The largest absolute Gasteiger partial charge is 0.495 e. The molecule has 0 radical (unpaired) electrons. The second-order valence-electron chi connectivity index (χ2n) is 6.42. The number of imidazole rings is 1. The number of halogens is 5. The van der Waals surface area contributed by atoms with Gasteiger partial charge in [0.05, 0.1) is 25.7 Å². The molecule has 4 aromatic rings. The van der Waals surface area contributed by atoms with E-state index in [2.05, 4.69) is 25.0 Å². The highest BCUT2D eigenvalue weighted by atomic mass is 19.4. The molecule has 0 bridgehead atoms. The van der Waals surface area contributed by atoms with E-state index in [9.17, 15) is 22.0 Å². The van der Waals surface area contributed by atoms with Crippen molar-refractivity contribution in [1.29, 1.82) is 0 Å². The first-order valence-corrected chi connectivity index (χ1v) is 9.02. The van der Waals surface area contributed by atoms with Crippen LogP contribution in [0.4, 0.5) is 33.5 Å². The zero-order valence-corrected chi connectivity index (χ0v) is 16.3. The molecule has 1 aromatic carbocycles. The molecule has 0 amide bonds. The van der Waals surface area contributed by atoms with Crippen molar-refractivity contribution in [2.45, 2.75) is 12.8 Å². The lowest BCUT2D eigenvalue weighted by molar-refractivity contribution is -0.140. The van der Waals surface area contributed by atoms with Crippen molar-refractivity contribution in [3.63, 3.8) is 0 Å². The van der Waals surface area contributed by atoms with Gasteiger partial charge < -0.3 is 14.8 Å². The molecule has 0 saturated heterocycles. The van der Waals surface area contributed by atoms with Crippen LogP contribution >= 0.6 is 0 Å². The highest BCUT2D eigenvalue weighted by Gasteiger charge is 2.39. The molecule has 7 nitrogen and oxygen atoms in total. The van der Waals surface area contributed by atoms with Crippen LogP contribution in [0.15, 0.2) is 55.0 Å². The standard InChI is InChI=1S/C20H14F5N5O2/c1-31-13-6-7-16-29-18(20(23,24)25)17(30(16)10-13)14-8-26-9-15(28-14)27-11-2-4-12(5-3-11)32-19(21)22/h2-10,19H,1H3,(H,27,28). The van der Waals surface area contributed by atoms with Crippen LogP contribution in [0, 0.1) is 0 Å². The number of fused-ring (bicyclic) bond motifs is 1. The molecule has 0 spiro atoms. The van der Waals surface area contributed by atoms with Gasteiger partial charge in [-0.15, -0.1) is 0 Å². The van der Waals surface area contributed by atoms with E-state index >= 15 is 0 Å². The van der Waals surface area contributed by atoms with E-state index in [-0.39, 0.29) is 28.6 Å². The minimum atomic E-state index is -4.74. The number of nitrogens with zero attached hydrogens (tertiary/aromatic N) is 4. The summed E-state index contributed by atoms with van der Waals surface area (Å²) in [6.45, 7) is -2.96. The van der Waals surface area contributed by atoms with Crippen molar-refractivity contribution in [3.8, 4) is 22.9 Å². The molecule has 0 aliphatic rings. The molecule has 12 heteroatoms. The molecule has 0 saturated carbocycles. The Morgan fingerprint density at radius 1 is 0.969 bits per heavy atom. The van der Waals surface area contributed by atoms with Gasteiger partial charge >= 0.3 is 12.8 Å². The van der Waals surface area contributed by atoms with E-state index in [1.807, 2.05) is 0 Å². The average molecular weight is 451 g/mol. The van der Waals surface area contributed by atoms with Crippen LogP contribution in [-0.4, -0.2) is 33.1 Å². The average Bonchev–Trinajstić information content (AvgIpc) is 3.14. The lowest BCUT2D eigenvalue weighted by atomic mass is 10.2. The van der Waals surface area contributed by atoms with Gasteiger partial charge in [-0.05, 0) is 36.4 Å². The van der Waals surface area contributed by atoms with Gasteiger partial charge in [0.1, 0.15) is 34.4 Å². The summed E-state index contributed by atoms with van der Waals surface area (Å²) in [6, 6.07) is 8.42. The van der Waals surface area contributed by atoms with Crippen molar-refractivity contribution in [2.24, 2.45) is 0 Å². The normalized spacial score (nSPS) is 11.7. The van der Waals surface area contributed by atoms with E-state index in [0.717, 1.165) is 0 Å². The van der Waals surface area contributed by atoms with Crippen LogP contribution in [-0.2, 0) is 6.18 Å². The van der Waals surface area contributed by atoms with Gasteiger partial charge in [0, 0.05) is 5.69 Å². The van der Waals surface area contributed by atoms with E-state index in [1.54, 1.807) is 0 Å². The third kappa shape index (κ3) is 4.38. The lowest BCUT2D eigenvalue weighted by Gasteiger charge is -2.11. The zero-order chi connectivity index (χ0) is 22.9. The number of nitrogens with one attached hydrogen (secondary N) is 1. The second kappa shape index (κ2) is 8.29. The first kappa shape index (κ1) is 21.3. The number of aromatic nitrogens is 4. The number of pyridine rings is 1. The van der Waals surface area contributed by atoms with Crippen molar-refractivity contribution >= 4 is 17.2 Å². The van der Waals surface area contributed by atoms with Crippen LogP contribution in [0.1, 0.15) is 5.69 Å². The summed E-state index contributed by atoms with van der Waals surface area (Å²) in [5, 5.41) is 2.86. The van der Waals surface area contributed by atoms with Gasteiger partial charge in [-0.3, -0.25) is 9.38 Å². The van der Waals surface area contributed by atoms with E-state index in [4.69, 9.17) is 4.74 Å². The molecule has 166 valence electrons. The molecule has 0 aliphatic carbocycles. The molecule has 0 unspecified atom stereocenters. The SMILES string of the molecule is COc1ccc2nc(C(F)(F)F)c(-c3cncc(Nc4ccc(OC(F)F)cc4)n3)n2c1. The Morgan fingerprint density at radius 3 is 2.34 bits per heavy atom. The van der Waals surface area contributed by atoms with Gasteiger partial charge in [0.15, 0.2) is 5.69 Å². The summed E-state index contributed by atoms with van der Waals surface area (Å²) in [4.78, 5) is 11.9. The number of benzene rings is 1. The quantitative estimate of drug-likeness (QED) is 0.408. The van der Waals surface area contributed by atoms with Crippen molar-refractivity contribution < 1.29 is 31.4 Å². The molecule has 0 fully saturated rings. The first-order chi connectivity index (χ1) is 15.2. The molecule has 3 aromatic heterocycles. The summed E-state index contributed by atoms with van der Waals surface area (Å²) >= 11 is 0. The number of alkyl halides is 5. The molecule has 0 aliphatic heterocycles. The zero-order valence-electron chi connectivity index (χ0n) is 16.3. The smallest absolute Gasteiger partial charge is 0.435 e. The van der Waals surface area contributed by atoms with Crippen molar-refractivity contribution in [2.75, 3.05) is 12.4 Å². The number of methoxy groups -OCH3 is 1. The second-order valence-corrected chi connectivity index (χ2v) is 6.42. The Morgan fingerprint density at radius 2 is 1.69 bits per heavy atom. The summed E-state index contributed by atoms with van der Waals surface area (Å²) in [5.41, 5.74) is -1.01. The lowest BCUT2D eigenvalue weighted by Crippen LogP contribution is -2.09. The van der Waals surface area contributed by atoms with Gasteiger partial charge in [0.2, 0.25) is 0 Å². The summed E-state index contributed by atoms with van der Waals surface area (Å²) in [7, 11) is 1.39. The third-order valence-corrected chi connectivity index (χ3v) is 4.32. The summed E-state index contributed by atoms with van der Waals surface area (Å²) < 4.78 is 76.2. The molecular weight excluding hydrogens is 437 g/mol. The van der Waals surface area contributed by atoms with Gasteiger partial charge in [-0.2, -0.15) is 22.0 Å². The van der Waals surface area contributed by atoms with Crippen molar-refractivity contribution in [1.82, 2.24) is 19.4 Å². The number of hydrogen-bond donors (Lipinski definition) is 1. The maximum atomic E-state index is 13.7. The maximum absolute atomic E-state index is 13.7. The number of rotatable bonds is 6. The van der Waals surface area contributed by atoms with E-state index in [0.29, 0.717) is 11.4 Å². The molecule has 32 heavy (non-hydrogen) atoms. The summed E-state index contributed by atoms with van der Waals surface area (Å²) in [5.74, 6) is 0.425. The van der Waals surface area contributed by atoms with Crippen LogP contribution in [0.5, 0.6) is 11.5 Å². The number of hydrogen-bond acceptors (Lipinski definition) is 6. The summed E-state index contributed by atoms with van der Waals surface area (Å²) in [6.07, 6.45) is -0.871. The Labute approximate surface area is 177 Å². The first-order valence-electron chi connectivity index (χ1n) is 9.02. The fourth-order valence-corrected chi connectivity index (χ4v) is 3.00. The monoisotopic (exact) mass is 451 g/mol. The fraction of sp³-hybridized carbons (Fsp3) is 0.150. The molecular formula is C20H14F5N5O2. The highest BCUT2D eigenvalue weighted by Crippen LogP contribution is 2.37. The van der Waals surface area contributed by atoms with Gasteiger partial charge in [-0.25, -0.2) is 9.97 Å². The Bertz CT molecular complexity index is 1240. The van der Waals surface area contributed by atoms with Gasteiger partial charge in [0.25, 0.3) is 0 Å². The Hall–Kier alpha value is -3.96. The number of ether oxygens (including phenoxy) is 2. The van der Waals surface area contributed by atoms with Crippen LogP contribution in [0.2, 0.25) is 0 Å². The van der Waals surface area contributed by atoms with Crippen LogP contribution in [0.3, 0.4) is 0 Å². The number of anilines is 2. The molecule has 4 rings (SSSR count). The highest BCUT2D eigenvalue weighted by molar-refractivity contribution is 5.67. The Balaban J connectivity index is 1.73. The molecule has 1 N–H and O–H groups in total. The minimum Gasteiger partial charge on any atom is -0.495 e. The third-order valence-electron chi connectivity index (χ3n) is 4.32. The van der Waals surface area contributed by atoms with Gasteiger partial charge in [-0.1, -0.05) is 0 Å². The maximum Gasteiger partial charge on any atom is 0.435 e. The van der Waals surface area contributed by atoms with E-state index in [1.165, 1.54) is 66.5 Å². The predicted octanol–water partition coefficient (Wildman–Crippen LogP) is 5.16. The van der Waals surface area contributed by atoms with E-state index < -0.39 is 18.5 Å². The fourth-order valence-electron chi connectivity index (χ4n) is 3.00. The predicted molar refractivity (Wildman–Crippen MR) is 104 cm³/mol. The Kier molecular flexibility index (Phi) is 5.51. The van der Waals surface area contributed by atoms with Crippen molar-refractivity contribution in [3.05, 3.63) is 60.7 Å². The topological polar surface area (TPSA) is 73.6 Å². The minimum absolute atomic E-state index is 0.0418. The van der Waals surface area contributed by atoms with Crippen LogP contribution < -0.4 is 14.8 Å². The molecule has 3 heterocycles. The molecule has 0 atom stereocenters. The van der Waals surface area contributed by atoms with Crippen LogP contribution in [0.25, 0.3) is 17.0 Å².